The van der Waals surface area contributed by atoms with Gasteiger partial charge in [0.15, 0.2) is 0 Å². The van der Waals surface area contributed by atoms with Crippen LogP contribution in [0, 0.1) is 0 Å². The third-order valence-electron chi connectivity index (χ3n) is 2.11. The SMILES string of the molecule is COC(=O)c1ccc(/C=C/CN(C)C)cc1. The lowest BCUT2D eigenvalue weighted by Gasteiger charge is -2.03. The molecule has 0 radical (unpaired) electrons. The summed E-state index contributed by atoms with van der Waals surface area (Å²) in [7, 11) is 5.42. The molecule has 0 aromatic heterocycles. The number of rotatable bonds is 4. The van der Waals surface area contributed by atoms with Crippen LogP contribution < -0.4 is 0 Å². The van der Waals surface area contributed by atoms with Crippen molar-refractivity contribution in [2.45, 2.75) is 0 Å². The second-order valence-electron chi connectivity index (χ2n) is 3.78. The minimum atomic E-state index is -0.302. The molecule has 0 fully saturated rings. The number of carbonyl (C=O) groups excluding carboxylic acids is 1. The van der Waals surface area contributed by atoms with Gasteiger partial charge in [0.05, 0.1) is 12.7 Å². The summed E-state index contributed by atoms with van der Waals surface area (Å²) in [5.74, 6) is -0.302. The molecule has 0 aliphatic rings. The number of likely N-dealkylation sites (N-methyl/N-ethyl adjacent to an activating group) is 1. The number of methoxy groups -OCH3 is 1. The second kappa shape index (κ2) is 6.08. The molecule has 0 bridgehead atoms. The highest BCUT2D eigenvalue weighted by atomic mass is 16.5. The predicted octanol–water partition coefficient (Wildman–Crippen LogP) is 2.05. The Morgan fingerprint density at radius 2 is 1.94 bits per heavy atom. The molecule has 0 aliphatic heterocycles. The van der Waals surface area contributed by atoms with Crippen LogP contribution in [0.3, 0.4) is 0 Å². The largest absolute Gasteiger partial charge is 0.465 e. The van der Waals surface area contributed by atoms with Gasteiger partial charge in [-0.2, -0.15) is 0 Å². The zero-order valence-corrected chi connectivity index (χ0v) is 9.93. The molecule has 3 nitrogen and oxygen atoms in total. The minimum Gasteiger partial charge on any atom is -0.465 e. The molecule has 0 aliphatic carbocycles. The highest BCUT2D eigenvalue weighted by Gasteiger charge is 2.02. The zero-order valence-electron chi connectivity index (χ0n) is 9.93. The molecule has 16 heavy (non-hydrogen) atoms. The van der Waals surface area contributed by atoms with Crippen LogP contribution in [0.1, 0.15) is 15.9 Å². The van der Waals surface area contributed by atoms with Crippen LogP contribution in [0.4, 0.5) is 0 Å². The smallest absolute Gasteiger partial charge is 0.337 e. The molecular weight excluding hydrogens is 202 g/mol. The van der Waals surface area contributed by atoms with Crippen LogP contribution in [0.25, 0.3) is 6.08 Å². The van der Waals surface area contributed by atoms with Crippen molar-refractivity contribution in [1.29, 1.82) is 0 Å². The molecule has 0 atom stereocenters. The third kappa shape index (κ3) is 3.87. The first-order valence-electron chi connectivity index (χ1n) is 5.13. The maximum atomic E-state index is 11.2. The van der Waals surface area contributed by atoms with E-state index in [4.69, 9.17) is 0 Å². The van der Waals surface area contributed by atoms with Crippen LogP contribution in [-0.4, -0.2) is 38.6 Å². The van der Waals surface area contributed by atoms with Crippen molar-refractivity contribution in [3.63, 3.8) is 0 Å². The Hall–Kier alpha value is -1.61. The lowest BCUT2D eigenvalue weighted by molar-refractivity contribution is 0.0601. The maximum Gasteiger partial charge on any atom is 0.337 e. The van der Waals surface area contributed by atoms with Crippen LogP contribution >= 0.6 is 0 Å². The van der Waals surface area contributed by atoms with Crippen LogP contribution in [0.5, 0.6) is 0 Å². The van der Waals surface area contributed by atoms with Crippen molar-refractivity contribution < 1.29 is 9.53 Å². The summed E-state index contributed by atoms with van der Waals surface area (Å²) >= 11 is 0. The van der Waals surface area contributed by atoms with E-state index in [1.807, 2.05) is 32.3 Å². The number of hydrogen-bond donors (Lipinski definition) is 0. The van der Waals surface area contributed by atoms with Gasteiger partial charge >= 0.3 is 5.97 Å². The molecular formula is C13H17NO2. The second-order valence-corrected chi connectivity index (χ2v) is 3.78. The average molecular weight is 219 g/mol. The zero-order chi connectivity index (χ0) is 12.0. The molecule has 3 heteroatoms. The Labute approximate surface area is 96.3 Å². The summed E-state index contributed by atoms with van der Waals surface area (Å²) in [4.78, 5) is 13.3. The molecule has 0 N–H and O–H groups in total. The van der Waals surface area contributed by atoms with E-state index in [1.54, 1.807) is 12.1 Å². The van der Waals surface area contributed by atoms with Crippen molar-refractivity contribution in [3.8, 4) is 0 Å². The summed E-state index contributed by atoms with van der Waals surface area (Å²) in [5, 5.41) is 0. The molecule has 0 spiro atoms. The van der Waals surface area contributed by atoms with Crippen molar-refractivity contribution >= 4 is 12.0 Å². The van der Waals surface area contributed by atoms with E-state index in [2.05, 4.69) is 15.7 Å². The molecule has 86 valence electrons. The fourth-order valence-electron chi connectivity index (χ4n) is 1.25. The predicted molar refractivity (Wildman–Crippen MR) is 65.4 cm³/mol. The molecule has 0 heterocycles. The van der Waals surface area contributed by atoms with Gasteiger partial charge < -0.3 is 9.64 Å². The molecule has 1 aromatic rings. The van der Waals surface area contributed by atoms with Crippen molar-refractivity contribution in [2.75, 3.05) is 27.7 Å². The summed E-state index contributed by atoms with van der Waals surface area (Å²) < 4.78 is 4.63. The van der Waals surface area contributed by atoms with Crippen LogP contribution in [0.2, 0.25) is 0 Å². The molecule has 1 rings (SSSR count). The van der Waals surface area contributed by atoms with Gasteiger partial charge in [-0.05, 0) is 31.8 Å². The first-order chi connectivity index (χ1) is 7.63. The Morgan fingerprint density at radius 3 is 2.44 bits per heavy atom. The van der Waals surface area contributed by atoms with E-state index in [9.17, 15) is 4.79 Å². The monoisotopic (exact) mass is 219 g/mol. The summed E-state index contributed by atoms with van der Waals surface area (Å²) in [6.45, 7) is 0.902. The van der Waals surface area contributed by atoms with Gasteiger partial charge in [0, 0.05) is 6.54 Å². The highest BCUT2D eigenvalue weighted by molar-refractivity contribution is 5.89. The van der Waals surface area contributed by atoms with E-state index in [1.165, 1.54) is 7.11 Å². The molecule has 0 saturated heterocycles. The number of ether oxygens (including phenoxy) is 1. The average Bonchev–Trinajstić information content (AvgIpc) is 2.28. The normalized spacial score (nSPS) is 11.0. The van der Waals surface area contributed by atoms with E-state index in [0.29, 0.717) is 5.56 Å². The number of esters is 1. The summed E-state index contributed by atoms with van der Waals surface area (Å²) in [6, 6.07) is 7.33. The van der Waals surface area contributed by atoms with Gasteiger partial charge in [-0.25, -0.2) is 4.79 Å². The molecule has 1 aromatic carbocycles. The van der Waals surface area contributed by atoms with Gasteiger partial charge in [-0.15, -0.1) is 0 Å². The van der Waals surface area contributed by atoms with Gasteiger partial charge in [-0.1, -0.05) is 24.3 Å². The Morgan fingerprint density at radius 1 is 1.31 bits per heavy atom. The summed E-state index contributed by atoms with van der Waals surface area (Å²) in [6.07, 6.45) is 4.11. The Kier molecular flexibility index (Phi) is 4.73. The Bertz CT molecular complexity index is 366. The summed E-state index contributed by atoms with van der Waals surface area (Å²) in [5.41, 5.74) is 1.65. The lowest BCUT2D eigenvalue weighted by Crippen LogP contribution is -2.10. The van der Waals surface area contributed by atoms with E-state index >= 15 is 0 Å². The quantitative estimate of drug-likeness (QED) is 0.726. The lowest BCUT2D eigenvalue weighted by atomic mass is 10.1. The third-order valence-corrected chi connectivity index (χ3v) is 2.11. The fourth-order valence-corrected chi connectivity index (χ4v) is 1.25. The first kappa shape index (κ1) is 12.5. The van der Waals surface area contributed by atoms with Crippen molar-refractivity contribution in [2.24, 2.45) is 0 Å². The number of carbonyl (C=O) groups is 1. The van der Waals surface area contributed by atoms with E-state index in [-0.39, 0.29) is 5.97 Å². The fraction of sp³-hybridized carbons (Fsp3) is 0.308. The van der Waals surface area contributed by atoms with E-state index in [0.717, 1.165) is 12.1 Å². The van der Waals surface area contributed by atoms with Crippen LogP contribution in [-0.2, 0) is 4.74 Å². The topological polar surface area (TPSA) is 29.5 Å². The number of nitrogens with zero attached hydrogens (tertiary/aromatic N) is 1. The minimum absolute atomic E-state index is 0.302. The Balaban J connectivity index is 2.64. The van der Waals surface area contributed by atoms with Gasteiger partial charge in [0.2, 0.25) is 0 Å². The van der Waals surface area contributed by atoms with E-state index < -0.39 is 0 Å². The first-order valence-corrected chi connectivity index (χ1v) is 5.13. The molecule has 0 amide bonds. The maximum absolute atomic E-state index is 11.2. The van der Waals surface area contributed by atoms with Gasteiger partial charge in [-0.3, -0.25) is 0 Å². The highest BCUT2D eigenvalue weighted by Crippen LogP contribution is 2.07. The number of hydrogen-bond acceptors (Lipinski definition) is 3. The molecule has 0 saturated carbocycles. The van der Waals surface area contributed by atoms with Gasteiger partial charge in [0.1, 0.15) is 0 Å². The molecule has 0 unspecified atom stereocenters. The number of benzene rings is 1. The van der Waals surface area contributed by atoms with Crippen molar-refractivity contribution in [1.82, 2.24) is 4.90 Å². The van der Waals surface area contributed by atoms with Gasteiger partial charge in [0.25, 0.3) is 0 Å². The van der Waals surface area contributed by atoms with Crippen LogP contribution in [0.15, 0.2) is 30.3 Å². The van der Waals surface area contributed by atoms with Crippen molar-refractivity contribution in [3.05, 3.63) is 41.5 Å². The standard InChI is InChI=1S/C13H17NO2/c1-14(2)10-4-5-11-6-8-12(9-7-11)13(15)16-3/h4-9H,10H2,1-3H3/b5-4+.